The molecule has 0 aliphatic carbocycles. The number of para-hydroxylation sites is 1. The van der Waals surface area contributed by atoms with Crippen molar-refractivity contribution in [3.05, 3.63) is 48.8 Å². The maximum atomic E-state index is 13.1. The first kappa shape index (κ1) is 21.9. The molecular weight excluding hydrogens is 402 g/mol. The van der Waals surface area contributed by atoms with Crippen molar-refractivity contribution in [2.45, 2.75) is 12.5 Å². The molecule has 2 aromatic rings. The Balaban J connectivity index is 1.52. The van der Waals surface area contributed by atoms with Crippen molar-refractivity contribution in [1.82, 2.24) is 20.2 Å². The van der Waals surface area contributed by atoms with E-state index in [1.165, 1.54) is 0 Å². The lowest BCUT2D eigenvalue weighted by molar-refractivity contribution is -0.137. The van der Waals surface area contributed by atoms with E-state index in [0.717, 1.165) is 5.75 Å². The molecule has 0 unspecified atom stereocenters. The van der Waals surface area contributed by atoms with E-state index in [-0.39, 0.29) is 18.4 Å². The Labute approximate surface area is 181 Å². The number of hydrogen-bond acceptors (Lipinski definition) is 7. The Kier molecular flexibility index (Phi) is 8.31. The highest BCUT2D eigenvalue weighted by Gasteiger charge is 2.29. The van der Waals surface area contributed by atoms with Crippen LogP contribution in [0.25, 0.3) is 0 Å². The quantitative estimate of drug-likeness (QED) is 0.645. The molecule has 1 saturated heterocycles. The Morgan fingerprint density at radius 3 is 2.47 bits per heavy atom. The lowest BCUT2D eigenvalue weighted by Crippen LogP contribution is -2.55. The molecule has 0 bridgehead atoms. The highest BCUT2D eigenvalue weighted by atomic mass is 32.2. The van der Waals surface area contributed by atoms with Crippen LogP contribution in [0.5, 0.6) is 5.75 Å². The Morgan fingerprint density at radius 1 is 1.10 bits per heavy atom. The van der Waals surface area contributed by atoms with Gasteiger partial charge in [-0.25, -0.2) is 9.97 Å². The van der Waals surface area contributed by atoms with Gasteiger partial charge in [0, 0.05) is 38.6 Å². The fourth-order valence-electron chi connectivity index (χ4n) is 3.20. The van der Waals surface area contributed by atoms with E-state index in [2.05, 4.69) is 20.2 Å². The number of hydrogen-bond donors (Lipinski definition) is 1. The number of rotatable bonds is 9. The summed E-state index contributed by atoms with van der Waals surface area (Å²) < 4.78 is 5.50. The van der Waals surface area contributed by atoms with Crippen LogP contribution in [0.3, 0.4) is 0 Å². The van der Waals surface area contributed by atoms with Gasteiger partial charge in [0.15, 0.2) is 6.61 Å². The number of piperazine rings is 1. The van der Waals surface area contributed by atoms with Crippen molar-refractivity contribution in [3.8, 4) is 5.75 Å². The molecule has 160 valence electrons. The summed E-state index contributed by atoms with van der Waals surface area (Å²) in [7, 11) is 0. The van der Waals surface area contributed by atoms with Crippen molar-refractivity contribution in [2.75, 3.05) is 49.7 Å². The minimum atomic E-state index is -0.552. The van der Waals surface area contributed by atoms with Gasteiger partial charge in [-0.05, 0) is 36.6 Å². The molecule has 1 aliphatic heterocycles. The Hall–Kier alpha value is -2.81. The van der Waals surface area contributed by atoms with Gasteiger partial charge in [-0.3, -0.25) is 9.59 Å². The molecule has 3 rings (SSSR count). The number of thioether (sulfide) groups is 1. The van der Waals surface area contributed by atoms with E-state index in [1.807, 2.05) is 29.4 Å². The lowest BCUT2D eigenvalue weighted by atomic mass is 10.1. The van der Waals surface area contributed by atoms with E-state index in [0.29, 0.717) is 44.3 Å². The summed E-state index contributed by atoms with van der Waals surface area (Å²) in [5, 5.41) is 2.86. The molecular formula is C21H27N5O3S. The van der Waals surface area contributed by atoms with Crippen LogP contribution in [-0.2, 0) is 9.59 Å². The fraction of sp³-hybridized carbons (Fsp3) is 0.429. The largest absolute Gasteiger partial charge is 0.484 e. The van der Waals surface area contributed by atoms with Crippen molar-refractivity contribution in [1.29, 1.82) is 0 Å². The number of nitrogens with zero attached hydrogens (tertiary/aromatic N) is 4. The highest BCUT2D eigenvalue weighted by Crippen LogP contribution is 2.13. The van der Waals surface area contributed by atoms with Crippen LogP contribution < -0.4 is 15.0 Å². The third kappa shape index (κ3) is 6.35. The van der Waals surface area contributed by atoms with Crippen molar-refractivity contribution >= 4 is 29.5 Å². The van der Waals surface area contributed by atoms with Crippen LogP contribution in [0.15, 0.2) is 48.8 Å². The van der Waals surface area contributed by atoms with E-state index in [4.69, 9.17) is 4.74 Å². The molecule has 1 aromatic heterocycles. The third-order valence-electron chi connectivity index (χ3n) is 4.78. The monoisotopic (exact) mass is 429 g/mol. The number of benzene rings is 1. The van der Waals surface area contributed by atoms with Gasteiger partial charge in [-0.1, -0.05) is 18.2 Å². The summed E-state index contributed by atoms with van der Waals surface area (Å²) in [6, 6.07) is 10.4. The van der Waals surface area contributed by atoms with Gasteiger partial charge in [-0.2, -0.15) is 11.8 Å². The van der Waals surface area contributed by atoms with Crippen LogP contribution in [-0.4, -0.2) is 77.5 Å². The molecule has 2 heterocycles. The molecule has 0 radical (unpaired) electrons. The fourth-order valence-corrected chi connectivity index (χ4v) is 3.67. The molecule has 1 fully saturated rings. The number of anilines is 1. The second-order valence-corrected chi connectivity index (χ2v) is 7.85. The first-order chi connectivity index (χ1) is 14.7. The molecule has 2 amide bonds. The zero-order valence-corrected chi connectivity index (χ0v) is 17.9. The minimum absolute atomic E-state index is 0.0502. The molecule has 0 saturated carbocycles. The standard InChI is InChI=1S/C21H27N5O3S/c1-30-15-8-18(24-19(27)16-29-17-6-3-2-4-7-17)20(28)25-11-13-26(14-12-25)21-22-9-5-10-23-21/h2-7,9-10,18H,8,11-16H2,1H3,(H,24,27)/t18-/m1/s1. The topological polar surface area (TPSA) is 87.7 Å². The summed E-state index contributed by atoms with van der Waals surface area (Å²) in [6.07, 6.45) is 6.00. The normalized spacial score (nSPS) is 14.8. The molecule has 9 heteroatoms. The summed E-state index contributed by atoms with van der Waals surface area (Å²) in [6.45, 7) is 2.35. The lowest BCUT2D eigenvalue weighted by Gasteiger charge is -2.36. The average Bonchev–Trinajstić information content (AvgIpc) is 2.81. The second kappa shape index (κ2) is 11.4. The second-order valence-electron chi connectivity index (χ2n) is 6.86. The van der Waals surface area contributed by atoms with Gasteiger partial charge in [0.1, 0.15) is 11.8 Å². The minimum Gasteiger partial charge on any atom is -0.484 e. The third-order valence-corrected chi connectivity index (χ3v) is 5.43. The summed E-state index contributed by atoms with van der Waals surface area (Å²) in [4.78, 5) is 37.9. The van der Waals surface area contributed by atoms with E-state index >= 15 is 0 Å². The first-order valence-electron chi connectivity index (χ1n) is 9.94. The predicted octanol–water partition coefficient (Wildman–Crippen LogP) is 1.44. The molecule has 30 heavy (non-hydrogen) atoms. The van der Waals surface area contributed by atoms with Gasteiger partial charge >= 0.3 is 0 Å². The Bertz CT molecular complexity index is 801. The number of aromatic nitrogens is 2. The number of ether oxygens (including phenoxy) is 1. The highest BCUT2D eigenvalue weighted by molar-refractivity contribution is 7.98. The summed E-state index contributed by atoms with van der Waals surface area (Å²) >= 11 is 1.65. The van der Waals surface area contributed by atoms with Gasteiger partial charge in [0.05, 0.1) is 0 Å². The number of carbonyl (C=O) groups is 2. The van der Waals surface area contributed by atoms with Gasteiger partial charge in [0.2, 0.25) is 11.9 Å². The number of carbonyl (C=O) groups excluding carboxylic acids is 2. The summed E-state index contributed by atoms with van der Waals surface area (Å²) in [5.74, 6) is 1.74. The molecule has 0 spiro atoms. The molecule has 1 N–H and O–H groups in total. The van der Waals surface area contributed by atoms with Crippen LogP contribution in [0.1, 0.15) is 6.42 Å². The SMILES string of the molecule is CSCC[C@@H](NC(=O)COc1ccccc1)C(=O)N1CCN(c2ncccn2)CC1. The van der Waals surface area contributed by atoms with Gasteiger partial charge in [0.25, 0.3) is 5.91 Å². The van der Waals surface area contributed by atoms with Crippen molar-refractivity contribution < 1.29 is 14.3 Å². The Morgan fingerprint density at radius 2 is 1.80 bits per heavy atom. The first-order valence-corrected chi connectivity index (χ1v) is 11.3. The average molecular weight is 430 g/mol. The smallest absolute Gasteiger partial charge is 0.258 e. The molecule has 1 aromatic carbocycles. The van der Waals surface area contributed by atoms with Crippen molar-refractivity contribution in [3.63, 3.8) is 0 Å². The maximum absolute atomic E-state index is 13.1. The molecule has 8 nitrogen and oxygen atoms in total. The van der Waals surface area contributed by atoms with Gasteiger partial charge < -0.3 is 19.9 Å². The van der Waals surface area contributed by atoms with Gasteiger partial charge in [-0.15, -0.1) is 0 Å². The predicted molar refractivity (Wildman–Crippen MR) is 118 cm³/mol. The molecule has 1 atom stereocenters. The molecule has 1 aliphatic rings. The van der Waals surface area contributed by atoms with Crippen LogP contribution in [0.2, 0.25) is 0 Å². The zero-order chi connectivity index (χ0) is 21.2. The van der Waals surface area contributed by atoms with Crippen LogP contribution in [0, 0.1) is 0 Å². The van der Waals surface area contributed by atoms with E-state index in [1.54, 1.807) is 42.4 Å². The van der Waals surface area contributed by atoms with Crippen LogP contribution >= 0.6 is 11.8 Å². The van der Waals surface area contributed by atoms with E-state index < -0.39 is 6.04 Å². The van der Waals surface area contributed by atoms with Crippen LogP contribution in [0.4, 0.5) is 5.95 Å². The maximum Gasteiger partial charge on any atom is 0.258 e. The van der Waals surface area contributed by atoms with Crippen molar-refractivity contribution in [2.24, 2.45) is 0 Å². The van der Waals surface area contributed by atoms with E-state index in [9.17, 15) is 9.59 Å². The summed E-state index contributed by atoms with van der Waals surface area (Å²) in [5.41, 5.74) is 0. The number of amides is 2. The zero-order valence-electron chi connectivity index (χ0n) is 17.1. The number of nitrogens with one attached hydrogen (secondary N) is 1.